The van der Waals surface area contributed by atoms with Crippen LogP contribution in [0, 0.1) is 26.9 Å². The third kappa shape index (κ3) is 3.60. The van der Waals surface area contributed by atoms with Crippen LogP contribution in [0.3, 0.4) is 0 Å². The minimum atomic E-state index is -0.444. The number of hydrogen-bond acceptors (Lipinski definition) is 7. The molecule has 2 unspecified atom stereocenters. The van der Waals surface area contributed by atoms with Gasteiger partial charge in [-0.3, -0.25) is 20.2 Å². The molecule has 8 nitrogen and oxygen atoms in total. The van der Waals surface area contributed by atoms with Crippen molar-refractivity contribution in [3.05, 3.63) is 57.2 Å². The molecule has 0 spiro atoms. The highest BCUT2D eigenvalue weighted by Gasteiger charge is 2.60. The highest BCUT2D eigenvalue weighted by atomic mass is 32.2. The number of rotatable bonds is 4. The van der Waals surface area contributed by atoms with Gasteiger partial charge in [0, 0.05) is 34.9 Å². The van der Waals surface area contributed by atoms with Gasteiger partial charge in [0.15, 0.2) is 5.17 Å². The van der Waals surface area contributed by atoms with Crippen LogP contribution >= 0.6 is 11.8 Å². The Labute approximate surface area is 195 Å². The first-order valence-corrected chi connectivity index (χ1v) is 11.7. The number of non-ortho nitro benzene ring substituents is 1. The van der Waals surface area contributed by atoms with E-state index in [-0.39, 0.29) is 22.4 Å². The molecule has 2 aromatic rings. The number of amides is 1. The molecule has 33 heavy (non-hydrogen) atoms. The Kier molecular flexibility index (Phi) is 5.04. The van der Waals surface area contributed by atoms with Gasteiger partial charge in [-0.2, -0.15) is 5.10 Å². The van der Waals surface area contributed by atoms with Gasteiger partial charge in [-0.15, -0.1) is 5.10 Å². The van der Waals surface area contributed by atoms with Crippen LogP contribution in [0.25, 0.3) is 17.4 Å². The number of furan rings is 1. The lowest BCUT2D eigenvalue weighted by atomic mass is 9.70. The van der Waals surface area contributed by atoms with Gasteiger partial charge in [-0.1, -0.05) is 20.8 Å². The van der Waals surface area contributed by atoms with Crippen molar-refractivity contribution in [2.45, 2.75) is 40.0 Å². The second kappa shape index (κ2) is 7.69. The monoisotopic (exact) mass is 464 g/mol. The van der Waals surface area contributed by atoms with Gasteiger partial charge in [-0.25, -0.2) is 0 Å². The Balaban J connectivity index is 1.31. The largest absolute Gasteiger partial charge is 0.457 e. The zero-order valence-corrected chi connectivity index (χ0v) is 19.4. The molecule has 1 aromatic carbocycles. The summed E-state index contributed by atoms with van der Waals surface area (Å²) in [7, 11) is 0. The zero-order valence-electron chi connectivity index (χ0n) is 18.6. The van der Waals surface area contributed by atoms with E-state index < -0.39 is 4.92 Å². The summed E-state index contributed by atoms with van der Waals surface area (Å²) in [6.07, 6.45) is 5.00. The molecule has 2 aliphatic carbocycles. The second-order valence-electron chi connectivity index (χ2n) is 9.52. The van der Waals surface area contributed by atoms with Gasteiger partial charge in [0.05, 0.1) is 9.83 Å². The van der Waals surface area contributed by atoms with E-state index in [1.807, 2.05) is 0 Å². The normalized spacial score (nSPS) is 29.4. The number of nitrogens with one attached hydrogen (secondary N) is 1. The number of nitro benzene ring substituents is 1. The van der Waals surface area contributed by atoms with Gasteiger partial charge >= 0.3 is 0 Å². The third-order valence-electron chi connectivity index (χ3n) is 7.69. The number of carbonyl (C=O) groups excluding carboxylic acids is 1. The molecule has 2 saturated carbocycles. The smallest absolute Gasteiger partial charge is 0.269 e. The Morgan fingerprint density at radius 3 is 2.58 bits per heavy atom. The SMILES string of the molecule is CC12CCC(CC1=NN=C1NC(=O)C(=Cc3ccc(-c4ccc([N+](=O)[O-])cc4)o3)S1)C2(C)C. The van der Waals surface area contributed by atoms with Gasteiger partial charge in [0.2, 0.25) is 0 Å². The predicted octanol–water partition coefficient (Wildman–Crippen LogP) is 5.62. The van der Waals surface area contributed by atoms with Crippen LogP contribution in [-0.4, -0.2) is 21.7 Å². The minimum absolute atomic E-state index is 0.0186. The Morgan fingerprint density at radius 2 is 1.94 bits per heavy atom. The van der Waals surface area contributed by atoms with E-state index >= 15 is 0 Å². The second-order valence-corrected chi connectivity index (χ2v) is 10.5. The summed E-state index contributed by atoms with van der Waals surface area (Å²) < 4.78 is 5.82. The molecule has 2 heterocycles. The fraction of sp³-hybridized carbons (Fsp3) is 0.375. The first-order chi connectivity index (χ1) is 15.7. The van der Waals surface area contributed by atoms with Crippen LogP contribution < -0.4 is 5.32 Å². The van der Waals surface area contributed by atoms with Crippen molar-refractivity contribution >= 4 is 40.3 Å². The molecule has 1 aromatic heterocycles. The van der Waals surface area contributed by atoms with Crippen LogP contribution in [-0.2, 0) is 4.79 Å². The Hall–Kier alpha value is -3.20. The molecule has 1 amide bonds. The van der Waals surface area contributed by atoms with Crippen molar-refractivity contribution in [1.29, 1.82) is 0 Å². The van der Waals surface area contributed by atoms with Gasteiger partial charge in [0.1, 0.15) is 11.5 Å². The first-order valence-electron chi connectivity index (χ1n) is 10.9. The molecular formula is C24H24N4O4S. The lowest BCUT2D eigenvalue weighted by Gasteiger charge is -2.34. The van der Waals surface area contributed by atoms with Crippen molar-refractivity contribution < 1.29 is 14.1 Å². The van der Waals surface area contributed by atoms with Gasteiger partial charge in [0.25, 0.3) is 11.6 Å². The number of carbonyl (C=O) groups is 1. The number of fused-ring (bicyclic) bond motifs is 2. The van der Waals surface area contributed by atoms with Gasteiger partial charge < -0.3 is 4.42 Å². The number of nitrogens with zero attached hydrogens (tertiary/aromatic N) is 3. The maximum absolute atomic E-state index is 12.4. The molecule has 2 bridgehead atoms. The van der Waals surface area contributed by atoms with E-state index in [0.29, 0.717) is 33.1 Å². The van der Waals surface area contributed by atoms with Crippen molar-refractivity contribution in [1.82, 2.24) is 5.32 Å². The molecule has 170 valence electrons. The molecule has 3 aliphatic rings. The molecule has 0 radical (unpaired) electrons. The van der Waals surface area contributed by atoms with Crippen molar-refractivity contribution in [3.63, 3.8) is 0 Å². The molecule has 9 heteroatoms. The topological polar surface area (TPSA) is 110 Å². The number of nitro groups is 1. The van der Waals surface area contributed by atoms with Crippen LogP contribution in [0.1, 0.15) is 45.8 Å². The highest BCUT2D eigenvalue weighted by Crippen LogP contribution is 2.64. The summed E-state index contributed by atoms with van der Waals surface area (Å²) in [5.74, 6) is 1.47. The minimum Gasteiger partial charge on any atom is -0.457 e. The van der Waals surface area contributed by atoms with Gasteiger partial charge in [-0.05, 0) is 66.6 Å². The summed E-state index contributed by atoms with van der Waals surface area (Å²) in [6, 6.07) is 9.64. The summed E-state index contributed by atoms with van der Waals surface area (Å²) in [5, 5.41) is 23.0. The van der Waals surface area contributed by atoms with Crippen molar-refractivity contribution in [3.8, 4) is 11.3 Å². The standard InChI is InChI=1S/C24H24N4O4S/c1-23(2)15-10-11-24(23,3)20(12-15)26-27-22-25-21(29)19(33-22)13-17-8-9-18(32-17)14-4-6-16(7-5-14)28(30)31/h4-9,13,15H,10-12H2,1-3H3,(H,25,27,29). The lowest BCUT2D eigenvalue weighted by Crippen LogP contribution is -2.32. The van der Waals surface area contributed by atoms with Crippen LogP contribution in [0.5, 0.6) is 0 Å². The van der Waals surface area contributed by atoms with E-state index in [9.17, 15) is 14.9 Å². The third-order valence-corrected chi connectivity index (χ3v) is 8.59. The van der Waals surface area contributed by atoms with Crippen LogP contribution in [0.15, 0.2) is 55.9 Å². The maximum Gasteiger partial charge on any atom is 0.269 e. The fourth-order valence-corrected chi connectivity index (χ4v) is 5.88. The predicted molar refractivity (Wildman–Crippen MR) is 129 cm³/mol. The maximum atomic E-state index is 12.4. The van der Waals surface area contributed by atoms with E-state index in [0.717, 1.165) is 18.6 Å². The molecular weight excluding hydrogens is 440 g/mol. The molecule has 1 aliphatic heterocycles. The summed E-state index contributed by atoms with van der Waals surface area (Å²) >= 11 is 1.23. The molecule has 2 atom stereocenters. The lowest BCUT2D eigenvalue weighted by molar-refractivity contribution is -0.384. The zero-order chi connectivity index (χ0) is 23.4. The first kappa shape index (κ1) is 21.6. The quantitative estimate of drug-likeness (QED) is 0.359. The summed E-state index contributed by atoms with van der Waals surface area (Å²) in [4.78, 5) is 23.3. The fourth-order valence-electron chi connectivity index (χ4n) is 5.12. The number of amidine groups is 1. The van der Waals surface area contributed by atoms with E-state index in [1.54, 1.807) is 30.3 Å². The Bertz CT molecular complexity index is 1240. The summed E-state index contributed by atoms with van der Waals surface area (Å²) in [5.41, 5.74) is 2.15. The number of hydrogen-bond donors (Lipinski definition) is 1. The number of thioether (sulfide) groups is 1. The molecule has 3 fully saturated rings. The Morgan fingerprint density at radius 1 is 1.18 bits per heavy atom. The molecule has 1 N–H and O–H groups in total. The molecule has 5 rings (SSSR count). The average Bonchev–Trinajstić information content (AvgIpc) is 3.48. The summed E-state index contributed by atoms with van der Waals surface area (Å²) in [6.45, 7) is 6.92. The van der Waals surface area contributed by atoms with Crippen LogP contribution in [0.4, 0.5) is 5.69 Å². The van der Waals surface area contributed by atoms with E-state index in [4.69, 9.17) is 4.42 Å². The number of benzene rings is 1. The highest BCUT2D eigenvalue weighted by molar-refractivity contribution is 8.18. The van der Waals surface area contributed by atoms with Crippen molar-refractivity contribution in [2.75, 3.05) is 0 Å². The van der Waals surface area contributed by atoms with E-state index in [1.165, 1.54) is 30.3 Å². The molecule has 1 saturated heterocycles. The average molecular weight is 465 g/mol. The van der Waals surface area contributed by atoms with Crippen LogP contribution in [0.2, 0.25) is 0 Å². The van der Waals surface area contributed by atoms with Crippen molar-refractivity contribution in [2.24, 2.45) is 27.0 Å². The van der Waals surface area contributed by atoms with E-state index in [2.05, 4.69) is 36.3 Å².